The fourth-order valence-electron chi connectivity index (χ4n) is 2.13. The van der Waals surface area contributed by atoms with Gasteiger partial charge in [0.1, 0.15) is 5.75 Å². The molecule has 0 aliphatic rings. The van der Waals surface area contributed by atoms with E-state index in [1.54, 1.807) is 25.3 Å². The highest BCUT2D eigenvalue weighted by Crippen LogP contribution is 2.22. The Kier molecular flexibility index (Phi) is 4.82. The van der Waals surface area contributed by atoms with Gasteiger partial charge >= 0.3 is 0 Å². The minimum absolute atomic E-state index is 0.0761. The molecule has 0 bridgehead atoms. The first-order chi connectivity index (χ1) is 10.1. The molecular formula is C17H20N2O2. The molecule has 4 nitrogen and oxygen atoms in total. The normalized spacial score (nSPS) is 10.2. The van der Waals surface area contributed by atoms with E-state index in [1.165, 1.54) is 0 Å². The number of nitrogen functional groups attached to an aromatic ring is 1. The first kappa shape index (κ1) is 14.9. The molecule has 0 atom stereocenters. The number of hydrogen-bond acceptors (Lipinski definition) is 4. The van der Waals surface area contributed by atoms with E-state index in [1.807, 2.05) is 37.4 Å². The van der Waals surface area contributed by atoms with E-state index < -0.39 is 0 Å². The van der Waals surface area contributed by atoms with Gasteiger partial charge in [0.05, 0.1) is 12.8 Å². The van der Waals surface area contributed by atoms with Crippen molar-refractivity contribution in [3.8, 4) is 5.75 Å². The Morgan fingerprint density at radius 2 is 1.90 bits per heavy atom. The fraction of sp³-hybridized carbons (Fsp3) is 0.235. The van der Waals surface area contributed by atoms with Crippen LogP contribution in [-0.4, -0.2) is 26.5 Å². The van der Waals surface area contributed by atoms with Crippen LogP contribution in [0.5, 0.6) is 5.75 Å². The molecule has 0 radical (unpaired) electrons. The molecule has 0 spiro atoms. The van der Waals surface area contributed by atoms with Crippen molar-refractivity contribution in [1.82, 2.24) is 0 Å². The lowest BCUT2D eigenvalue weighted by Crippen LogP contribution is -2.21. The molecular weight excluding hydrogens is 264 g/mol. The molecule has 4 heteroatoms. The number of Topliss-reactive ketones (excluding diaryl/α,β-unsaturated/α-hetero) is 1. The van der Waals surface area contributed by atoms with Crippen LogP contribution in [-0.2, 0) is 0 Å². The van der Waals surface area contributed by atoms with Gasteiger partial charge < -0.3 is 15.4 Å². The number of para-hydroxylation sites is 1. The summed E-state index contributed by atoms with van der Waals surface area (Å²) in [5.41, 5.74) is 8.03. The molecule has 0 aromatic heterocycles. The summed E-state index contributed by atoms with van der Waals surface area (Å²) in [5.74, 6) is 0.667. The monoisotopic (exact) mass is 284 g/mol. The van der Waals surface area contributed by atoms with E-state index >= 15 is 0 Å². The minimum atomic E-state index is 0.0761. The Labute approximate surface area is 125 Å². The maximum Gasteiger partial charge on any atom is 0.164 e. The van der Waals surface area contributed by atoms with Crippen LogP contribution in [0, 0.1) is 0 Å². The maximum atomic E-state index is 12.2. The number of hydrogen-bond donors (Lipinski definition) is 1. The van der Waals surface area contributed by atoms with Gasteiger partial charge in [-0.25, -0.2) is 0 Å². The highest BCUT2D eigenvalue weighted by atomic mass is 16.5. The van der Waals surface area contributed by atoms with Crippen LogP contribution in [0.1, 0.15) is 16.8 Å². The van der Waals surface area contributed by atoms with Crippen LogP contribution in [0.2, 0.25) is 0 Å². The zero-order valence-corrected chi connectivity index (χ0v) is 12.4. The van der Waals surface area contributed by atoms with E-state index in [0.29, 0.717) is 30.0 Å². The van der Waals surface area contributed by atoms with Crippen LogP contribution in [0.15, 0.2) is 48.5 Å². The lowest BCUT2D eigenvalue weighted by atomic mass is 10.1. The molecule has 0 aliphatic carbocycles. The van der Waals surface area contributed by atoms with Crippen molar-refractivity contribution in [2.24, 2.45) is 0 Å². The average molecular weight is 284 g/mol. The van der Waals surface area contributed by atoms with Crippen molar-refractivity contribution in [3.05, 3.63) is 54.1 Å². The number of nitrogens with two attached hydrogens (primary N) is 1. The number of benzene rings is 2. The fourth-order valence-corrected chi connectivity index (χ4v) is 2.13. The van der Waals surface area contributed by atoms with Gasteiger partial charge in [0.25, 0.3) is 0 Å². The summed E-state index contributed by atoms with van der Waals surface area (Å²) in [5, 5.41) is 0. The molecule has 0 unspecified atom stereocenters. The van der Waals surface area contributed by atoms with Crippen LogP contribution in [0.4, 0.5) is 11.4 Å². The van der Waals surface area contributed by atoms with Gasteiger partial charge in [0, 0.05) is 31.3 Å². The zero-order valence-electron chi connectivity index (χ0n) is 12.4. The summed E-state index contributed by atoms with van der Waals surface area (Å²) in [7, 11) is 3.53. The van der Waals surface area contributed by atoms with Gasteiger partial charge in [-0.3, -0.25) is 4.79 Å². The molecule has 2 N–H and O–H groups in total. The number of rotatable bonds is 6. The van der Waals surface area contributed by atoms with Gasteiger partial charge in [-0.15, -0.1) is 0 Å². The topological polar surface area (TPSA) is 55.6 Å². The summed E-state index contributed by atoms with van der Waals surface area (Å²) >= 11 is 0. The molecule has 21 heavy (non-hydrogen) atoms. The molecule has 2 rings (SSSR count). The standard InChI is InChI=1S/C17H20N2O2/c1-19(14-6-4-3-5-7-14)11-10-16(20)13-8-9-17(21-2)15(18)12-13/h3-9,12H,10-11,18H2,1-2H3. The molecule has 110 valence electrons. The minimum Gasteiger partial charge on any atom is -0.495 e. The van der Waals surface area contributed by atoms with Gasteiger partial charge in [-0.05, 0) is 30.3 Å². The number of nitrogens with zero attached hydrogens (tertiary/aromatic N) is 1. The summed E-state index contributed by atoms with van der Waals surface area (Å²) in [6.45, 7) is 0.661. The third kappa shape index (κ3) is 3.75. The second-order valence-corrected chi connectivity index (χ2v) is 4.89. The number of ether oxygens (including phenoxy) is 1. The number of carbonyl (C=O) groups excluding carboxylic acids is 1. The number of carbonyl (C=O) groups is 1. The highest BCUT2D eigenvalue weighted by molar-refractivity contribution is 5.97. The first-order valence-corrected chi connectivity index (χ1v) is 6.84. The summed E-state index contributed by atoms with van der Waals surface area (Å²) in [6, 6.07) is 15.1. The predicted molar refractivity (Wildman–Crippen MR) is 86.1 cm³/mol. The number of methoxy groups -OCH3 is 1. The van der Waals surface area contributed by atoms with E-state index in [9.17, 15) is 4.79 Å². The Balaban J connectivity index is 1.97. The van der Waals surface area contributed by atoms with Crippen molar-refractivity contribution in [2.75, 3.05) is 31.3 Å². The Hall–Kier alpha value is -2.49. The predicted octanol–water partition coefficient (Wildman–Crippen LogP) is 2.99. The molecule has 0 aliphatic heterocycles. The Bertz CT molecular complexity index is 611. The van der Waals surface area contributed by atoms with E-state index in [4.69, 9.17) is 10.5 Å². The third-order valence-electron chi connectivity index (χ3n) is 3.42. The summed E-state index contributed by atoms with van der Waals surface area (Å²) in [6.07, 6.45) is 0.442. The molecule has 2 aromatic rings. The van der Waals surface area contributed by atoms with Gasteiger partial charge in [-0.2, -0.15) is 0 Å². The van der Waals surface area contributed by atoms with Crippen molar-refractivity contribution >= 4 is 17.2 Å². The zero-order chi connectivity index (χ0) is 15.2. The molecule has 0 saturated heterocycles. The van der Waals surface area contributed by atoms with Crippen molar-refractivity contribution < 1.29 is 9.53 Å². The second kappa shape index (κ2) is 6.79. The number of anilines is 2. The van der Waals surface area contributed by atoms with Crippen molar-refractivity contribution in [1.29, 1.82) is 0 Å². The third-order valence-corrected chi connectivity index (χ3v) is 3.42. The Morgan fingerprint density at radius 3 is 2.52 bits per heavy atom. The van der Waals surface area contributed by atoms with E-state index in [2.05, 4.69) is 4.90 Å². The lowest BCUT2D eigenvalue weighted by molar-refractivity contribution is 0.0985. The molecule has 0 heterocycles. The van der Waals surface area contributed by atoms with Crippen LogP contribution in [0.25, 0.3) is 0 Å². The summed E-state index contributed by atoms with van der Waals surface area (Å²) in [4.78, 5) is 14.3. The first-order valence-electron chi connectivity index (χ1n) is 6.84. The molecule has 2 aromatic carbocycles. The molecule has 0 fully saturated rings. The molecule has 0 amide bonds. The van der Waals surface area contributed by atoms with E-state index in [0.717, 1.165) is 5.69 Å². The SMILES string of the molecule is COc1ccc(C(=O)CCN(C)c2ccccc2)cc1N. The van der Waals surface area contributed by atoms with E-state index in [-0.39, 0.29) is 5.78 Å². The second-order valence-electron chi connectivity index (χ2n) is 4.89. The van der Waals surface area contributed by atoms with Crippen LogP contribution >= 0.6 is 0 Å². The highest BCUT2D eigenvalue weighted by Gasteiger charge is 2.10. The van der Waals surface area contributed by atoms with Gasteiger partial charge in [0.15, 0.2) is 5.78 Å². The number of ketones is 1. The quantitative estimate of drug-likeness (QED) is 0.654. The molecule has 0 saturated carbocycles. The average Bonchev–Trinajstić information content (AvgIpc) is 2.53. The Morgan fingerprint density at radius 1 is 1.19 bits per heavy atom. The lowest BCUT2D eigenvalue weighted by Gasteiger charge is -2.18. The summed E-state index contributed by atoms with van der Waals surface area (Å²) < 4.78 is 5.09. The largest absolute Gasteiger partial charge is 0.495 e. The van der Waals surface area contributed by atoms with Crippen LogP contribution in [0.3, 0.4) is 0 Å². The van der Waals surface area contributed by atoms with Crippen molar-refractivity contribution in [2.45, 2.75) is 6.42 Å². The van der Waals surface area contributed by atoms with Gasteiger partial charge in [0.2, 0.25) is 0 Å². The van der Waals surface area contributed by atoms with Crippen molar-refractivity contribution in [3.63, 3.8) is 0 Å². The van der Waals surface area contributed by atoms with Crippen LogP contribution < -0.4 is 15.4 Å². The maximum absolute atomic E-state index is 12.2. The van der Waals surface area contributed by atoms with Gasteiger partial charge in [-0.1, -0.05) is 18.2 Å². The smallest absolute Gasteiger partial charge is 0.164 e.